The molecule has 0 aliphatic heterocycles. The summed E-state index contributed by atoms with van der Waals surface area (Å²) in [6.45, 7) is 1.41. The Morgan fingerprint density at radius 2 is 2.00 bits per heavy atom. The summed E-state index contributed by atoms with van der Waals surface area (Å²) in [4.78, 5) is 24.6. The predicted octanol–water partition coefficient (Wildman–Crippen LogP) is 2.99. The zero-order valence-corrected chi connectivity index (χ0v) is 11.5. The van der Waals surface area contributed by atoms with Gasteiger partial charge in [-0.15, -0.1) is 11.3 Å². The number of benzene rings is 1. The summed E-state index contributed by atoms with van der Waals surface area (Å²) in [5, 5.41) is 2.33. The maximum Gasteiger partial charge on any atom is 0.348 e. The molecule has 1 heterocycles. The van der Waals surface area contributed by atoms with E-state index < -0.39 is 24.3 Å². The summed E-state index contributed by atoms with van der Waals surface area (Å²) in [7, 11) is 0. The lowest BCUT2D eigenvalue weighted by Gasteiger charge is -2.06. The Morgan fingerprint density at radius 1 is 1.25 bits per heavy atom. The molecule has 6 heteroatoms. The molecule has 0 bridgehead atoms. The number of hydrogen-bond donors (Lipinski definition) is 1. The third kappa shape index (κ3) is 3.64. The van der Waals surface area contributed by atoms with Crippen LogP contribution in [-0.2, 0) is 9.53 Å². The number of carbonyl (C=O) groups is 2. The average Bonchev–Trinajstić information content (AvgIpc) is 2.85. The fourth-order valence-corrected chi connectivity index (χ4v) is 2.26. The molecule has 1 aromatic carbocycles. The highest BCUT2D eigenvalue weighted by Gasteiger charge is 2.12. The number of nitrogens with one attached hydrogen (secondary N) is 1. The minimum atomic E-state index is -0.586. The number of rotatable bonds is 4. The minimum absolute atomic E-state index is 0.0560. The molecule has 4 nitrogen and oxygen atoms in total. The van der Waals surface area contributed by atoms with Crippen molar-refractivity contribution < 1.29 is 18.7 Å². The zero-order chi connectivity index (χ0) is 14.5. The lowest BCUT2D eigenvalue weighted by Crippen LogP contribution is -2.21. The van der Waals surface area contributed by atoms with Crippen molar-refractivity contribution in [2.24, 2.45) is 0 Å². The molecule has 20 heavy (non-hydrogen) atoms. The Hall–Kier alpha value is -2.21. The highest BCUT2D eigenvalue weighted by atomic mass is 32.1. The van der Waals surface area contributed by atoms with E-state index in [2.05, 4.69) is 5.32 Å². The Labute approximate surface area is 119 Å². The lowest BCUT2D eigenvalue weighted by molar-refractivity contribution is -0.119. The van der Waals surface area contributed by atoms with E-state index >= 15 is 0 Å². The Bertz CT molecular complexity index is 639. The van der Waals surface area contributed by atoms with Crippen LogP contribution in [0.4, 0.5) is 10.1 Å². The molecule has 0 unspecified atom stereocenters. The summed E-state index contributed by atoms with van der Waals surface area (Å²) in [5.41, 5.74) is 0.0560. The third-order valence-electron chi connectivity index (χ3n) is 2.42. The van der Waals surface area contributed by atoms with Gasteiger partial charge in [-0.25, -0.2) is 9.18 Å². The van der Waals surface area contributed by atoms with Crippen LogP contribution in [0.5, 0.6) is 0 Å². The second-order valence-electron chi connectivity index (χ2n) is 4.01. The second-order valence-corrected chi connectivity index (χ2v) is 5.30. The summed E-state index contributed by atoms with van der Waals surface area (Å²) in [6, 6.07) is 9.20. The van der Waals surface area contributed by atoms with E-state index in [1.165, 1.54) is 29.5 Å². The quantitative estimate of drug-likeness (QED) is 0.882. The topological polar surface area (TPSA) is 55.4 Å². The van der Waals surface area contributed by atoms with Crippen LogP contribution in [0.1, 0.15) is 14.5 Å². The van der Waals surface area contributed by atoms with Gasteiger partial charge in [0.1, 0.15) is 10.7 Å². The number of thiophene rings is 1. The Kier molecular flexibility index (Phi) is 4.47. The zero-order valence-electron chi connectivity index (χ0n) is 10.7. The van der Waals surface area contributed by atoms with Gasteiger partial charge in [-0.1, -0.05) is 12.1 Å². The van der Waals surface area contributed by atoms with Crippen LogP contribution in [0.2, 0.25) is 0 Å². The van der Waals surface area contributed by atoms with E-state index in [0.29, 0.717) is 4.88 Å². The first-order chi connectivity index (χ1) is 9.56. The molecular formula is C14H12FNO3S. The summed E-state index contributed by atoms with van der Waals surface area (Å²) < 4.78 is 18.1. The molecule has 0 atom stereocenters. The molecule has 1 N–H and O–H groups in total. The molecule has 0 radical (unpaired) electrons. The number of anilines is 1. The van der Waals surface area contributed by atoms with Crippen molar-refractivity contribution in [3.63, 3.8) is 0 Å². The first-order valence-corrected chi connectivity index (χ1v) is 6.66. The standard InChI is InChI=1S/C14H12FNO3S/c1-9-6-7-12(20-9)14(18)19-8-13(17)16-11-5-3-2-4-10(11)15/h2-7H,8H2,1H3,(H,16,17). The molecular weight excluding hydrogens is 281 g/mol. The number of esters is 1. The first kappa shape index (κ1) is 14.2. The highest BCUT2D eigenvalue weighted by Crippen LogP contribution is 2.16. The van der Waals surface area contributed by atoms with Gasteiger partial charge in [0.2, 0.25) is 0 Å². The van der Waals surface area contributed by atoms with E-state index in [0.717, 1.165) is 4.88 Å². The van der Waals surface area contributed by atoms with E-state index in [9.17, 15) is 14.0 Å². The van der Waals surface area contributed by atoms with Crippen LogP contribution in [0.25, 0.3) is 0 Å². The summed E-state index contributed by atoms with van der Waals surface area (Å²) in [5.74, 6) is -1.69. The molecule has 0 saturated heterocycles. The molecule has 0 aliphatic rings. The maximum absolute atomic E-state index is 13.3. The monoisotopic (exact) mass is 293 g/mol. The number of para-hydroxylation sites is 1. The molecule has 104 valence electrons. The SMILES string of the molecule is Cc1ccc(C(=O)OCC(=O)Nc2ccccc2F)s1. The number of halogens is 1. The van der Waals surface area contributed by atoms with Gasteiger partial charge < -0.3 is 10.1 Å². The minimum Gasteiger partial charge on any atom is -0.451 e. The molecule has 0 fully saturated rings. The van der Waals surface area contributed by atoms with Crippen LogP contribution in [-0.4, -0.2) is 18.5 Å². The van der Waals surface area contributed by atoms with Crippen molar-refractivity contribution in [2.45, 2.75) is 6.92 Å². The van der Waals surface area contributed by atoms with Crippen molar-refractivity contribution in [2.75, 3.05) is 11.9 Å². The van der Waals surface area contributed by atoms with Crippen LogP contribution in [0.15, 0.2) is 36.4 Å². The molecule has 1 amide bonds. The van der Waals surface area contributed by atoms with Crippen molar-refractivity contribution in [1.82, 2.24) is 0 Å². The highest BCUT2D eigenvalue weighted by molar-refractivity contribution is 7.13. The van der Waals surface area contributed by atoms with Crippen LogP contribution in [0, 0.1) is 12.7 Å². The second kappa shape index (κ2) is 6.29. The van der Waals surface area contributed by atoms with E-state index in [1.807, 2.05) is 6.92 Å². The number of amides is 1. The van der Waals surface area contributed by atoms with Gasteiger partial charge in [0.05, 0.1) is 5.69 Å². The molecule has 2 aromatic rings. The molecule has 0 spiro atoms. The molecule has 0 aliphatic carbocycles. The van der Waals surface area contributed by atoms with E-state index in [1.54, 1.807) is 18.2 Å². The van der Waals surface area contributed by atoms with Crippen LogP contribution >= 0.6 is 11.3 Å². The number of aryl methyl sites for hydroxylation is 1. The molecule has 2 rings (SSSR count). The Balaban J connectivity index is 1.87. The third-order valence-corrected chi connectivity index (χ3v) is 3.40. The first-order valence-electron chi connectivity index (χ1n) is 5.84. The number of hydrogen-bond acceptors (Lipinski definition) is 4. The lowest BCUT2D eigenvalue weighted by atomic mass is 10.3. The van der Waals surface area contributed by atoms with Crippen molar-refractivity contribution in [3.8, 4) is 0 Å². The van der Waals surface area contributed by atoms with E-state index in [4.69, 9.17) is 4.74 Å². The largest absolute Gasteiger partial charge is 0.451 e. The van der Waals surface area contributed by atoms with Crippen molar-refractivity contribution in [3.05, 3.63) is 52.0 Å². The van der Waals surface area contributed by atoms with Gasteiger partial charge in [0, 0.05) is 4.88 Å². The van der Waals surface area contributed by atoms with E-state index in [-0.39, 0.29) is 5.69 Å². The van der Waals surface area contributed by atoms with Gasteiger partial charge in [-0.05, 0) is 31.2 Å². The number of carbonyl (C=O) groups excluding carboxylic acids is 2. The van der Waals surface area contributed by atoms with Crippen molar-refractivity contribution >= 4 is 28.9 Å². The molecule has 0 saturated carbocycles. The van der Waals surface area contributed by atoms with Crippen LogP contribution in [0.3, 0.4) is 0 Å². The fraction of sp³-hybridized carbons (Fsp3) is 0.143. The maximum atomic E-state index is 13.3. The smallest absolute Gasteiger partial charge is 0.348 e. The van der Waals surface area contributed by atoms with Gasteiger partial charge in [0.25, 0.3) is 5.91 Å². The van der Waals surface area contributed by atoms with Crippen LogP contribution < -0.4 is 5.32 Å². The molecule has 1 aromatic heterocycles. The van der Waals surface area contributed by atoms with Gasteiger partial charge in [-0.2, -0.15) is 0 Å². The number of ether oxygens (including phenoxy) is 1. The predicted molar refractivity (Wildman–Crippen MR) is 74.4 cm³/mol. The fourth-order valence-electron chi connectivity index (χ4n) is 1.50. The summed E-state index contributed by atoms with van der Waals surface area (Å²) in [6.07, 6.45) is 0. The van der Waals surface area contributed by atoms with Crippen molar-refractivity contribution in [1.29, 1.82) is 0 Å². The van der Waals surface area contributed by atoms with Gasteiger partial charge >= 0.3 is 5.97 Å². The summed E-state index contributed by atoms with van der Waals surface area (Å²) >= 11 is 1.29. The average molecular weight is 293 g/mol. The Morgan fingerprint density at radius 3 is 2.65 bits per heavy atom. The van der Waals surface area contributed by atoms with Gasteiger partial charge in [0.15, 0.2) is 6.61 Å². The van der Waals surface area contributed by atoms with Gasteiger partial charge in [-0.3, -0.25) is 4.79 Å². The normalized spacial score (nSPS) is 10.1.